The van der Waals surface area contributed by atoms with Gasteiger partial charge in [0.2, 0.25) is 0 Å². The first kappa shape index (κ1) is 10.4. The molecule has 4 nitrogen and oxygen atoms in total. The molecule has 0 atom stereocenters. The molecule has 2 rings (SSSR count). The van der Waals surface area contributed by atoms with Crippen molar-refractivity contribution in [1.82, 2.24) is 4.98 Å². The summed E-state index contributed by atoms with van der Waals surface area (Å²) in [6, 6.07) is 1.59. The van der Waals surface area contributed by atoms with E-state index in [0.29, 0.717) is 18.1 Å². The van der Waals surface area contributed by atoms with Gasteiger partial charge in [0.15, 0.2) is 9.84 Å². The van der Waals surface area contributed by atoms with Crippen LogP contribution in [0.5, 0.6) is 5.75 Å². The lowest BCUT2D eigenvalue weighted by molar-refractivity contribution is 0.283. The maximum absolute atomic E-state index is 11.4. The molecule has 1 aliphatic rings. The number of nitrogens with zero attached hydrogens (tertiary/aromatic N) is 1. The Kier molecular flexibility index (Phi) is 2.42. The highest BCUT2D eigenvalue weighted by Crippen LogP contribution is 2.27. The second kappa shape index (κ2) is 3.48. The van der Waals surface area contributed by atoms with Gasteiger partial charge in [-0.2, -0.15) is 0 Å². The van der Waals surface area contributed by atoms with Gasteiger partial charge in [-0.15, -0.1) is 0 Å². The van der Waals surface area contributed by atoms with Gasteiger partial charge in [0.1, 0.15) is 5.75 Å². The number of aryl methyl sites for hydroxylation is 2. The third-order valence-corrected chi connectivity index (χ3v) is 3.63. The summed E-state index contributed by atoms with van der Waals surface area (Å²) in [6.45, 7) is 2.35. The first-order valence-corrected chi connectivity index (χ1v) is 6.71. The quantitative estimate of drug-likeness (QED) is 0.721. The van der Waals surface area contributed by atoms with Crippen LogP contribution in [-0.2, 0) is 16.3 Å². The lowest BCUT2D eigenvalue weighted by Gasteiger charge is -2.17. The van der Waals surface area contributed by atoms with Gasteiger partial charge in [-0.3, -0.25) is 4.98 Å². The summed E-state index contributed by atoms with van der Waals surface area (Å²) in [5.74, 6) is 0.618. The molecule has 0 unspecified atom stereocenters. The Bertz CT molecular complexity index is 494. The highest BCUT2D eigenvalue weighted by Gasteiger charge is 2.19. The van der Waals surface area contributed by atoms with Gasteiger partial charge in [-0.25, -0.2) is 8.42 Å². The number of ether oxygens (including phenoxy) is 1. The van der Waals surface area contributed by atoms with Crippen LogP contribution in [-0.4, -0.2) is 26.3 Å². The van der Waals surface area contributed by atoms with E-state index in [0.717, 1.165) is 18.5 Å². The van der Waals surface area contributed by atoms with Gasteiger partial charge in [0.25, 0.3) is 0 Å². The van der Waals surface area contributed by atoms with Crippen LogP contribution in [0.25, 0.3) is 0 Å². The normalized spacial score (nSPS) is 15.6. The van der Waals surface area contributed by atoms with Gasteiger partial charge in [0.05, 0.1) is 22.9 Å². The summed E-state index contributed by atoms with van der Waals surface area (Å²) in [7, 11) is -3.21. The Morgan fingerprint density at radius 2 is 2.20 bits per heavy atom. The predicted octanol–water partition coefficient (Wildman–Crippen LogP) is 1.12. The van der Waals surface area contributed by atoms with Crippen LogP contribution >= 0.6 is 0 Å². The highest BCUT2D eigenvalue weighted by molar-refractivity contribution is 7.90. The number of hydrogen-bond donors (Lipinski definition) is 0. The van der Waals surface area contributed by atoms with Crippen LogP contribution < -0.4 is 4.74 Å². The van der Waals surface area contributed by atoms with E-state index in [1.54, 1.807) is 13.0 Å². The molecule has 1 aromatic rings. The zero-order valence-corrected chi connectivity index (χ0v) is 9.60. The molecule has 0 spiro atoms. The summed E-state index contributed by atoms with van der Waals surface area (Å²) in [5, 5.41) is 0. The van der Waals surface area contributed by atoms with E-state index >= 15 is 0 Å². The Morgan fingerprint density at radius 1 is 1.47 bits per heavy atom. The molecule has 5 heteroatoms. The van der Waals surface area contributed by atoms with Crippen LogP contribution in [0.4, 0.5) is 0 Å². The zero-order valence-electron chi connectivity index (χ0n) is 8.78. The minimum absolute atomic E-state index is 0.267. The molecule has 15 heavy (non-hydrogen) atoms. The molecule has 0 radical (unpaired) electrons. The highest BCUT2D eigenvalue weighted by atomic mass is 32.2. The summed E-state index contributed by atoms with van der Waals surface area (Å²) < 4.78 is 28.3. The average molecular weight is 227 g/mol. The summed E-state index contributed by atoms with van der Waals surface area (Å²) in [6.07, 6.45) is 2.99. The molecule has 1 aromatic heterocycles. The summed E-state index contributed by atoms with van der Waals surface area (Å²) >= 11 is 0. The maximum atomic E-state index is 11.4. The average Bonchev–Trinajstić information content (AvgIpc) is 2.15. The lowest BCUT2D eigenvalue weighted by Crippen LogP contribution is -2.13. The fraction of sp³-hybridized carbons (Fsp3) is 0.500. The van der Waals surface area contributed by atoms with E-state index in [9.17, 15) is 8.42 Å². The van der Waals surface area contributed by atoms with E-state index in [2.05, 4.69) is 4.98 Å². The molecular weight excluding hydrogens is 214 g/mol. The Hall–Kier alpha value is -1.10. The van der Waals surface area contributed by atoms with Crippen LogP contribution in [0.3, 0.4) is 0 Å². The van der Waals surface area contributed by atoms with Crippen molar-refractivity contribution in [3.05, 3.63) is 17.5 Å². The van der Waals surface area contributed by atoms with E-state index in [4.69, 9.17) is 4.74 Å². The predicted molar refractivity (Wildman–Crippen MR) is 55.9 cm³/mol. The van der Waals surface area contributed by atoms with Gasteiger partial charge in [-0.1, -0.05) is 0 Å². The smallest absolute Gasteiger partial charge is 0.177 e. The monoisotopic (exact) mass is 227 g/mol. The number of sulfone groups is 1. The zero-order chi connectivity index (χ0) is 11.1. The third-order valence-electron chi connectivity index (χ3n) is 2.42. The van der Waals surface area contributed by atoms with Crippen molar-refractivity contribution in [2.24, 2.45) is 0 Å². The molecule has 0 saturated heterocycles. The third kappa shape index (κ3) is 1.97. The fourth-order valence-corrected chi connectivity index (χ4v) is 2.62. The van der Waals surface area contributed by atoms with E-state index in [-0.39, 0.29) is 4.90 Å². The summed E-state index contributed by atoms with van der Waals surface area (Å²) in [4.78, 5) is 4.54. The van der Waals surface area contributed by atoms with Crippen molar-refractivity contribution >= 4 is 9.84 Å². The second-order valence-corrected chi connectivity index (χ2v) is 5.73. The molecule has 1 aliphatic heterocycles. The molecule has 0 fully saturated rings. The molecule has 0 N–H and O–H groups in total. The Morgan fingerprint density at radius 3 is 2.87 bits per heavy atom. The Balaban J connectivity index is 2.60. The lowest BCUT2D eigenvalue weighted by atomic mass is 10.1. The number of rotatable bonds is 1. The van der Waals surface area contributed by atoms with Crippen molar-refractivity contribution in [2.45, 2.75) is 24.7 Å². The second-order valence-electron chi connectivity index (χ2n) is 3.74. The van der Waals surface area contributed by atoms with Gasteiger partial charge in [0, 0.05) is 12.3 Å². The van der Waals surface area contributed by atoms with Crippen LogP contribution in [0.1, 0.15) is 17.8 Å². The molecular formula is C10H13NO3S. The minimum Gasteiger partial charge on any atom is -0.492 e. The number of aromatic nitrogens is 1. The molecule has 82 valence electrons. The largest absolute Gasteiger partial charge is 0.492 e. The molecule has 0 bridgehead atoms. The van der Waals surface area contributed by atoms with Crippen molar-refractivity contribution < 1.29 is 13.2 Å². The van der Waals surface area contributed by atoms with Crippen molar-refractivity contribution in [2.75, 3.05) is 12.9 Å². The molecule has 0 saturated carbocycles. The minimum atomic E-state index is -3.21. The van der Waals surface area contributed by atoms with Gasteiger partial charge in [-0.05, 0) is 19.8 Å². The van der Waals surface area contributed by atoms with Crippen molar-refractivity contribution in [3.8, 4) is 5.75 Å². The molecule has 2 heterocycles. The topological polar surface area (TPSA) is 56.3 Å². The van der Waals surface area contributed by atoms with Gasteiger partial charge < -0.3 is 4.74 Å². The van der Waals surface area contributed by atoms with Crippen LogP contribution in [0.2, 0.25) is 0 Å². The van der Waals surface area contributed by atoms with E-state index in [1.807, 2.05) is 0 Å². The number of pyridine rings is 1. The van der Waals surface area contributed by atoms with Crippen molar-refractivity contribution in [1.29, 1.82) is 0 Å². The van der Waals surface area contributed by atoms with Crippen LogP contribution in [0, 0.1) is 6.92 Å². The van der Waals surface area contributed by atoms with Gasteiger partial charge >= 0.3 is 0 Å². The standard InChI is InChI=1S/C10H13NO3S/c1-7-10(15(2,12)13)6-9-8(11-7)4-3-5-14-9/h6H,3-5H2,1-2H3. The Labute approximate surface area is 89.2 Å². The molecule has 0 aromatic carbocycles. The summed E-state index contributed by atoms with van der Waals surface area (Å²) in [5.41, 5.74) is 1.42. The maximum Gasteiger partial charge on any atom is 0.177 e. The SMILES string of the molecule is Cc1nc2c(cc1S(C)(=O)=O)OCCC2. The van der Waals surface area contributed by atoms with E-state index in [1.165, 1.54) is 6.26 Å². The first-order valence-electron chi connectivity index (χ1n) is 4.82. The number of fused-ring (bicyclic) bond motifs is 1. The fourth-order valence-electron chi connectivity index (χ4n) is 1.72. The van der Waals surface area contributed by atoms with E-state index < -0.39 is 9.84 Å². The molecule has 0 amide bonds. The number of hydrogen-bond acceptors (Lipinski definition) is 4. The molecule has 0 aliphatic carbocycles. The van der Waals surface area contributed by atoms with Crippen LogP contribution in [0.15, 0.2) is 11.0 Å². The van der Waals surface area contributed by atoms with Crippen molar-refractivity contribution in [3.63, 3.8) is 0 Å². The first-order chi connectivity index (χ1) is 6.98.